The van der Waals surface area contributed by atoms with Gasteiger partial charge in [0.1, 0.15) is 0 Å². The van der Waals surface area contributed by atoms with Gasteiger partial charge in [0.25, 0.3) is 30.4 Å². The topological polar surface area (TPSA) is 163 Å². The summed E-state index contributed by atoms with van der Waals surface area (Å²) in [6.07, 6.45) is 0. The van der Waals surface area contributed by atoms with Gasteiger partial charge >= 0.3 is 0 Å². The number of aryl methyl sites for hydroxylation is 4. The van der Waals surface area contributed by atoms with Crippen LogP contribution in [0.15, 0.2) is 81.4 Å². The second kappa shape index (κ2) is 12.9. The van der Waals surface area contributed by atoms with Gasteiger partial charge in [-0.05, 0) is 74.7 Å². The summed E-state index contributed by atoms with van der Waals surface area (Å²) in [5, 5.41) is 0. The lowest BCUT2D eigenvalue weighted by Gasteiger charge is -2.01. The zero-order valence-electron chi connectivity index (χ0n) is 18.9. The summed E-state index contributed by atoms with van der Waals surface area (Å²) in [5.74, 6) is 0. The van der Waals surface area contributed by atoms with Gasteiger partial charge in [0.15, 0.2) is 0 Å². The number of benzene rings is 3. The fourth-order valence-corrected chi connectivity index (χ4v) is 4.20. The third-order valence-electron chi connectivity index (χ3n) is 4.47. The normalized spacial score (nSPS) is 11.2. The standard InChI is InChI=1S/C8H10O3S.2C7H8O3S.CH4/c1-6-3-4-8(5-7(6)2)12(9,10)11;1-6-2-4-7(5-3-6)11(8,9)10;1-6-4-2-3-5-7(6)11(8,9)10;/h3-5H,1-2H3,(H,9,10,11);2*2-5H,1H3,(H,8,9,10);1H4. The predicted octanol–water partition coefficient (Wildman–Crippen LogP) is 4.67. The van der Waals surface area contributed by atoms with Crippen LogP contribution in [0.3, 0.4) is 0 Å². The van der Waals surface area contributed by atoms with Gasteiger partial charge in [-0.15, -0.1) is 0 Å². The summed E-state index contributed by atoms with van der Waals surface area (Å²) in [5.41, 5.74) is 3.36. The molecular weight excluding hydrogens is 516 g/mol. The summed E-state index contributed by atoms with van der Waals surface area (Å²) in [6.45, 7) is 7.14. The summed E-state index contributed by atoms with van der Waals surface area (Å²) in [7, 11) is -12.1. The molecule has 0 aliphatic carbocycles. The Labute approximate surface area is 207 Å². The molecule has 0 saturated carbocycles. The van der Waals surface area contributed by atoms with Crippen molar-refractivity contribution in [3.8, 4) is 0 Å². The molecule has 0 spiro atoms. The molecular formula is C23H30O9S3. The van der Waals surface area contributed by atoms with Gasteiger partial charge in [0.2, 0.25) is 0 Å². The van der Waals surface area contributed by atoms with E-state index in [0.717, 1.165) is 16.7 Å². The average molecular weight is 547 g/mol. The van der Waals surface area contributed by atoms with Gasteiger partial charge in [-0.2, -0.15) is 25.3 Å². The minimum absolute atomic E-state index is 0. The average Bonchev–Trinajstić information content (AvgIpc) is 2.69. The zero-order chi connectivity index (χ0) is 26.3. The number of hydrogen-bond acceptors (Lipinski definition) is 6. The van der Waals surface area contributed by atoms with E-state index in [1.54, 1.807) is 50.2 Å². The Morgan fingerprint density at radius 3 is 1.34 bits per heavy atom. The molecule has 35 heavy (non-hydrogen) atoms. The van der Waals surface area contributed by atoms with E-state index in [1.165, 1.54) is 30.3 Å². The zero-order valence-corrected chi connectivity index (χ0v) is 21.3. The molecule has 12 heteroatoms. The van der Waals surface area contributed by atoms with Crippen molar-refractivity contribution in [2.75, 3.05) is 0 Å². The Bertz CT molecular complexity index is 1440. The van der Waals surface area contributed by atoms with E-state index in [-0.39, 0.29) is 22.1 Å². The van der Waals surface area contributed by atoms with Crippen molar-refractivity contribution in [3.63, 3.8) is 0 Å². The predicted molar refractivity (Wildman–Crippen MR) is 134 cm³/mol. The molecule has 3 rings (SSSR count). The molecule has 0 unspecified atom stereocenters. The minimum Gasteiger partial charge on any atom is -0.282 e. The molecule has 3 N–H and O–H groups in total. The van der Waals surface area contributed by atoms with E-state index in [1.807, 2.05) is 13.8 Å². The highest BCUT2D eigenvalue weighted by Crippen LogP contribution is 2.14. The highest BCUT2D eigenvalue weighted by molar-refractivity contribution is 7.86. The first-order valence-electron chi connectivity index (χ1n) is 9.55. The maximum Gasteiger partial charge on any atom is 0.294 e. The first-order chi connectivity index (χ1) is 15.4. The summed E-state index contributed by atoms with van der Waals surface area (Å²) in [6, 6.07) is 16.8. The Morgan fingerprint density at radius 1 is 0.514 bits per heavy atom. The van der Waals surface area contributed by atoms with Crippen LogP contribution in [0.1, 0.15) is 29.7 Å². The molecule has 0 heterocycles. The Hall–Kier alpha value is -2.61. The molecule has 9 nitrogen and oxygen atoms in total. The largest absolute Gasteiger partial charge is 0.294 e. The van der Waals surface area contributed by atoms with E-state index in [2.05, 4.69) is 0 Å². The van der Waals surface area contributed by atoms with Crippen LogP contribution in [0.5, 0.6) is 0 Å². The molecule has 0 fully saturated rings. The first kappa shape index (κ1) is 32.4. The van der Waals surface area contributed by atoms with E-state index in [0.29, 0.717) is 5.56 Å². The molecule has 0 aromatic heterocycles. The molecule has 0 bridgehead atoms. The third kappa shape index (κ3) is 11.1. The van der Waals surface area contributed by atoms with Crippen molar-refractivity contribution in [1.82, 2.24) is 0 Å². The van der Waals surface area contributed by atoms with E-state index in [4.69, 9.17) is 13.7 Å². The minimum atomic E-state index is -4.04. The Balaban J connectivity index is 0.000000489. The van der Waals surface area contributed by atoms with Gasteiger partial charge in [-0.3, -0.25) is 13.7 Å². The van der Waals surface area contributed by atoms with Gasteiger partial charge in [-0.25, -0.2) is 0 Å². The highest BCUT2D eigenvalue weighted by atomic mass is 32.2. The maximum atomic E-state index is 10.7. The van der Waals surface area contributed by atoms with Crippen LogP contribution in [-0.2, 0) is 30.4 Å². The van der Waals surface area contributed by atoms with Crippen molar-refractivity contribution in [1.29, 1.82) is 0 Å². The van der Waals surface area contributed by atoms with Gasteiger partial charge in [-0.1, -0.05) is 49.4 Å². The monoisotopic (exact) mass is 546 g/mol. The lowest BCUT2D eigenvalue weighted by Crippen LogP contribution is -1.99. The second-order valence-electron chi connectivity index (χ2n) is 7.25. The fourth-order valence-electron chi connectivity index (χ4n) is 2.43. The lowest BCUT2D eigenvalue weighted by molar-refractivity contribution is 0.480. The lowest BCUT2D eigenvalue weighted by atomic mass is 10.1. The van der Waals surface area contributed by atoms with Crippen molar-refractivity contribution >= 4 is 30.4 Å². The van der Waals surface area contributed by atoms with Crippen LogP contribution >= 0.6 is 0 Å². The van der Waals surface area contributed by atoms with E-state index in [9.17, 15) is 25.3 Å². The molecule has 0 atom stereocenters. The molecule has 0 saturated heterocycles. The Kier molecular flexibility index (Phi) is 11.9. The second-order valence-corrected chi connectivity index (χ2v) is 11.5. The van der Waals surface area contributed by atoms with Crippen LogP contribution < -0.4 is 0 Å². The Morgan fingerprint density at radius 2 is 0.971 bits per heavy atom. The summed E-state index contributed by atoms with van der Waals surface area (Å²) < 4.78 is 89.4. The van der Waals surface area contributed by atoms with Crippen LogP contribution in [-0.4, -0.2) is 38.9 Å². The molecule has 3 aromatic rings. The summed E-state index contributed by atoms with van der Waals surface area (Å²) >= 11 is 0. The quantitative estimate of drug-likeness (QED) is 0.396. The smallest absolute Gasteiger partial charge is 0.282 e. The molecule has 194 valence electrons. The third-order valence-corrected chi connectivity index (χ3v) is 7.20. The highest BCUT2D eigenvalue weighted by Gasteiger charge is 2.11. The van der Waals surface area contributed by atoms with Crippen molar-refractivity contribution in [3.05, 3.63) is 89.0 Å². The van der Waals surface area contributed by atoms with Crippen LogP contribution in [0.25, 0.3) is 0 Å². The SMILES string of the molecule is C.Cc1ccc(S(=O)(=O)O)cc1.Cc1ccc(S(=O)(=O)O)cc1C.Cc1ccccc1S(=O)(=O)O. The molecule has 3 aromatic carbocycles. The van der Waals surface area contributed by atoms with Gasteiger partial charge in [0, 0.05) is 0 Å². The van der Waals surface area contributed by atoms with E-state index < -0.39 is 30.4 Å². The van der Waals surface area contributed by atoms with Crippen LogP contribution in [0.4, 0.5) is 0 Å². The molecule has 0 radical (unpaired) electrons. The fraction of sp³-hybridized carbons (Fsp3) is 0.217. The van der Waals surface area contributed by atoms with Crippen molar-refractivity contribution in [2.45, 2.75) is 49.8 Å². The van der Waals surface area contributed by atoms with E-state index >= 15 is 0 Å². The van der Waals surface area contributed by atoms with Crippen LogP contribution in [0.2, 0.25) is 0 Å². The number of hydrogen-bond donors (Lipinski definition) is 3. The van der Waals surface area contributed by atoms with Crippen molar-refractivity contribution < 1.29 is 38.9 Å². The number of rotatable bonds is 3. The van der Waals surface area contributed by atoms with Gasteiger partial charge in [0.05, 0.1) is 14.7 Å². The molecule has 0 aliphatic heterocycles. The first-order valence-corrected chi connectivity index (χ1v) is 13.9. The maximum absolute atomic E-state index is 10.7. The van der Waals surface area contributed by atoms with Crippen LogP contribution in [0, 0.1) is 27.7 Å². The summed E-state index contributed by atoms with van der Waals surface area (Å²) in [4.78, 5) is -0.145. The molecule has 0 amide bonds. The van der Waals surface area contributed by atoms with Crippen molar-refractivity contribution in [2.24, 2.45) is 0 Å². The molecule has 0 aliphatic rings. The van der Waals surface area contributed by atoms with Gasteiger partial charge < -0.3 is 0 Å².